The average molecular weight is 336 g/mol. The molecule has 1 aromatic carbocycles. The maximum atomic E-state index is 12.6. The van der Waals surface area contributed by atoms with Crippen molar-refractivity contribution in [1.29, 1.82) is 0 Å². The molecule has 0 bridgehead atoms. The quantitative estimate of drug-likeness (QED) is 0.857. The Morgan fingerprint density at radius 2 is 2.04 bits per heavy atom. The second-order valence-electron chi connectivity index (χ2n) is 4.90. The van der Waals surface area contributed by atoms with Crippen LogP contribution in [0.2, 0.25) is 0 Å². The number of hydrogen-bond donors (Lipinski definition) is 2. The van der Waals surface area contributed by atoms with E-state index in [1.54, 1.807) is 12.1 Å². The van der Waals surface area contributed by atoms with Gasteiger partial charge in [-0.2, -0.15) is 0 Å². The van der Waals surface area contributed by atoms with E-state index in [4.69, 9.17) is 5.11 Å². The Hall–Kier alpha value is -2.88. The lowest BCUT2D eigenvalue weighted by Crippen LogP contribution is -2.43. The van der Waals surface area contributed by atoms with Crippen molar-refractivity contribution < 1.29 is 23.1 Å². The first-order valence-electron chi connectivity index (χ1n) is 6.49. The lowest BCUT2D eigenvalue weighted by Gasteiger charge is -2.28. The molecule has 9 nitrogen and oxygen atoms in total. The Kier molecular flexibility index (Phi) is 3.33. The van der Waals surface area contributed by atoms with Gasteiger partial charge in [0, 0.05) is 13.2 Å². The van der Waals surface area contributed by atoms with E-state index in [-0.39, 0.29) is 28.6 Å². The normalized spacial score (nSPS) is 15.9. The zero-order valence-corrected chi connectivity index (χ0v) is 12.7. The summed E-state index contributed by atoms with van der Waals surface area (Å²) in [5.74, 6) is -1.09. The van der Waals surface area contributed by atoms with Crippen LogP contribution in [-0.4, -0.2) is 39.4 Å². The highest BCUT2D eigenvalue weighted by atomic mass is 32.2. The molecular weight excluding hydrogens is 324 g/mol. The number of rotatable bonds is 3. The van der Waals surface area contributed by atoms with Crippen molar-refractivity contribution in [3.05, 3.63) is 42.0 Å². The van der Waals surface area contributed by atoms with Crippen molar-refractivity contribution in [3.63, 3.8) is 0 Å². The van der Waals surface area contributed by atoms with Gasteiger partial charge in [-0.25, -0.2) is 27.3 Å². The SMILES string of the molecule is Cn1cc(C(=O)O)nc1CN1C(=O)Nc2ccccc2S1(=O)=O. The molecule has 0 saturated heterocycles. The van der Waals surface area contributed by atoms with Crippen LogP contribution in [0, 0.1) is 0 Å². The van der Waals surface area contributed by atoms with E-state index >= 15 is 0 Å². The Morgan fingerprint density at radius 3 is 2.70 bits per heavy atom. The molecule has 0 atom stereocenters. The Morgan fingerprint density at radius 1 is 1.35 bits per heavy atom. The monoisotopic (exact) mass is 336 g/mol. The fourth-order valence-electron chi connectivity index (χ4n) is 2.24. The number of nitrogens with zero attached hydrogens (tertiary/aromatic N) is 3. The number of carbonyl (C=O) groups is 2. The van der Waals surface area contributed by atoms with Gasteiger partial charge in [0.15, 0.2) is 5.69 Å². The van der Waals surface area contributed by atoms with Crippen molar-refractivity contribution in [1.82, 2.24) is 13.9 Å². The van der Waals surface area contributed by atoms with Crippen LogP contribution in [0.25, 0.3) is 0 Å². The number of benzene rings is 1. The number of para-hydroxylation sites is 1. The minimum absolute atomic E-state index is 0.0210. The molecule has 23 heavy (non-hydrogen) atoms. The molecule has 2 amide bonds. The predicted molar refractivity (Wildman–Crippen MR) is 78.4 cm³/mol. The number of aromatic carboxylic acids is 1. The van der Waals surface area contributed by atoms with Crippen LogP contribution in [0.15, 0.2) is 35.4 Å². The molecule has 1 aliphatic rings. The summed E-state index contributed by atoms with van der Waals surface area (Å²) in [6.07, 6.45) is 1.25. The van der Waals surface area contributed by atoms with Gasteiger partial charge in [0.1, 0.15) is 10.7 Å². The van der Waals surface area contributed by atoms with Crippen molar-refractivity contribution >= 4 is 27.7 Å². The maximum absolute atomic E-state index is 12.6. The standard InChI is InChI=1S/C13H12N4O5S/c1-16-6-9(12(18)19)14-11(16)7-17-13(20)15-8-4-2-3-5-10(8)23(17,21)22/h2-6H,7H2,1H3,(H,15,20)(H,18,19). The molecule has 0 fully saturated rings. The second kappa shape index (κ2) is 5.09. The molecule has 1 aliphatic heterocycles. The van der Waals surface area contributed by atoms with E-state index in [2.05, 4.69) is 10.3 Å². The molecular formula is C13H12N4O5S. The largest absolute Gasteiger partial charge is 0.476 e. The zero-order chi connectivity index (χ0) is 16.8. The molecule has 0 spiro atoms. The molecule has 1 aromatic heterocycles. The summed E-state index contributed by atoms with van der Waals surface area (Å²) in [6.45, 7) is -0.369. The van der Waals surface area contributed by atoms with E-state index in [0.717, 1.165) is 0 Å². The van der Waals surface area contributed by atoms with Gasteiger partial charge < -0.3 is 15.0 Å². The van der Waals surface area contributed by atoms with Gasteiger partial charge >= 0.3 is 12.0 Å². The number of carboxylic acid groups (broad SMARTS) is 1. The Labute approximate surface area is 131 Å². The highest BCUT2D eigenvalue weighted by molar-refractivity contribution is 7.90. The molecule has 0 unspecified atom stereocenters. The van der Waals surface area contributed by atoms with Crippen LogP contribution >= 0.6 is 0 Å². The van der Waals surface area contributed by atoms with Crippen molar-refractivity contribution in [2.24, 2.45) is 7.05 Å². The number of aromatic nitrogens is 2. The van der Waals surface area contributed by atoms with Crippen LogP contribution in [0.1, 0.15) is 16.3 Å². The molecule has 0 aliphatic carbocycles. The topological polar surface area (TPSA) is 122 Å². The minimum atomic E-state index is -4.04. The first kappa shape index (κ1) is 15.0. The zero-order valence-electron chi connectivity index (χ0n) is 11.9. The number of amides is 2. The number of hydrogen-bond acceptors (Lipinski definition) is 5. The van der Waals surface area contributed by atoms with Crippen LogP contribution in [0.5, 0.6) is 0 Å². The van der Waals surface area contributed by atoms with E-state index in [1.165, 1.54) is 29.9 Å². The summed E-state index contributed by atoms with van der Waals surface area (Å²) in [5.41, 5.74) is -0.0162. The summed E-state index contributed by atoms with van der Waals surface area (Å²) in [6, 6.07) is 5.23. The lowest BCUT2D eigenvalue weighted by atomic mass is 10.3. The fourth-order valence-corrected chi connectivity index (χ4v) is 3.67. The van der Waals surface area contributed by atoms with Crippen LogP contribution < -0.4 is 5.32 Å². The van der Waals surface area contributed by atoms with Crippen LogP contribution in [-0.2, 0) is 23.6 Å². The number of urea groups is 1. The van der Waals surface area contributed by atoms with Gasteiger partial charge in [-0.1, -0.05) is 12.1 Å². The molecule has 3 rings (SSSR count). The minimum Gasteiger partial charge on any atom is -0.476 e. The van der Waals surface area contributed by atoms with Crippen molar-refractivity contribution in [2.45, 2.75) is 11.4 Å². The van der Waals surface area contributed by atoms with Gasteiger partial charge in [-0.3, -0.25) is 0 Å². The first-order chi connectivity index (χ1) is 10.8. The predicted octanol–water partition coefficient (Wildman–Crippen LogP) is 0.855. The van der Waals surface area contributed by atoms with E-state index in [9.17, 15) is 18.0 Å². The fraction of sp³-hybridized carbons (Fsp3) is 0.154. The van der Waals surface area contributed by atoms with Gasteiger partial charge in [0.05, 0.1) is 12.2 Å². The second-order valence-corrected chi connectivity index (χ2v) is 6.73. The third kappa shape index (κ3) is 2.42. The molecule has 2 aromatic rings. The third-order valence-electron chi connectivity index (χ3n) is 3.40. The van der Waals surface area contributed by atoms with E-state index in [0.29, 0.717) is 4.31 Å². The molecule has 10 heteroatoms. The number of sulfonamides is 1. The number of carbonyl (C=O) groups excluding carboxylic acids is 1. The van der Waals surface area contributed by atoms with Gasteiger partial charge in [0.25, 0.3) is 10.0 Å². The number of carboxylic acids is 1. The van der Waals surface area contributed by atoms with Gasteiger partial charge in [-0.05, 0) is 12.1 Å². The molecule has 0 radical (unpaired) electrons. The third-order valence-corrected chi connectivity index (χ3v) is 5.19. The number of imidazole rings is 1. The molecule has 0 saturated carbocycles. The van der Waals surface area contributed by atoms with Gasteiger partial charge in [-0.15, -0.1) is 0 Å². The Bertz CT molecular complexity index is 918. The molecule has 120 valence electrons. The van der Waals surface area contributed by atoms with Crippen molar-refractivity contribution in [3.8, 4) is 0 Å². The van der Waals surface area contributed by atoms with Crippen LogP contribution in [0.3, 0.4) is 0 Å². The van der Waals surface area contributed by atoms with E-state index in [1.807, 2.05) is 0 Å². The summed E-state index contributed by atoms with van der Waals surface area (Å²) in [7, 11) is -2.51. The summed E-state index contributed by atoms with van der Waals surface area (Å²) >= 11 is 0. The molecule has 2 N–H and O–H groups in total. The van der Waals surface area contributed by atoms with Gasteiger partial charge in [0.2, 0.25) is 0 Å². The number of anilines is 1. The van der Waals surface area contributed by atoms with E-state index < -0.39 is 22.0 Å². The number of fused-ring (bicyclic) bond motifs is 1. The molecule has 2 heterocycles. The summed E-state index contributed by atoms with van der Waals surface area (Å²) < 4.78 is 27.2. The average Bonchev–Trinajstić information content (AvgIpc) is 2.85. The Balaban J connectivity index is 2.01. The first-order valence-corrected chi connectivity index (χ1v) is 7.93. The number of aryl methyl sites for hydroxylation is 1. The maximum Gasteiger partial charge on any atom is 0.356 e. The highest BCUT2D eigenvalue weighted by Crippen LogP contribution is 2.30. The summed E-state index contributed by atoms with van der Waals surface area (Å²) in [5, 5.41) is 11.4. The lowest BCUT2D eigenvalue weighted by molar-refractivity contribution is 0.0690. The summed E-state index contributed by atoms with van der Waals surface area (Å²) in [4.78, 5) is 26.9. The van der Waals surface area contributed by atoms with Crippen LogP contribution in [0.4, 0.5) is 10.5 Å². The highest BCUT2D eigenvalue weighted by Gasteiger charge is 2.37. The number of nitrogens with one attached hydrogen (secondary N) is 1. The van der Waals surface area contributed by atoms with Crippen molar-refractivity contribution in [2.75, 3.05) is 5.32 Å². The smallest absolute Gasteiger partial charge is 0.356 e.